The van der Waals surface area contributed by atoms with Gasteiger partial charge in [-0.25, -0.2) is 9.59 Å². The summed E-state index contributed by atoms with van der Waals surface area (Å²) in [4.78, 5) is 37.3. The number of hydrogen-bond donors (Lipinski definition) is 4. The highest BCUT2D eigenvalue weighted by atomic mass is 19.4. The van der Waals surface area contributed by atoms with Crippen molar-refractivity contribution in [3.8, 4) is 11.3 Å². The van der Waals surface area contributed by atoms with Crippen LogP contribution in [0.15, 0.2) is 35.1 Å². The number of aromatic carboxylic acids is 1. The summed E-state index contributed by atoms with van der Waals surface area (Å²) in [6.45, 7) is 5.20. The molecular formula is C22H24F3N3O5. The number of aromatic nitrogens is 1. The van der Waals surface area contributed by atoms with Crippen molar-refractivity contribution in [3.05, 3.63) is 51.8 Å². The Morgan fingerprint density at radius 1 is 1.15 bits per heavy atom. The fourth-order valence-electron chi connectivity index (χ4n) is 4.17. The van der Waals surface area contributed by atoms with Gasteiger partial charge in [-0.2, -0.15) is 13.2 Å². The first kappa shape index (κ1) is 24.3. The third-order valence-electron chi connectivity index (χ3n) is 5.86. The Balaban J connectivity index is 0.000000383. The van der Waals surface area contributed by atoms with Gasteiger partial charge in [-0.15, -0.1) is 0 Å². The number of fused-ring (bicyclic) bond motifs is 1. The average Bonchev–Trinajstić information content (AvgIpc) is 3.35. The summed E-state index contributed by atoms with van der Waals surface area (Å²) in [6, 6.07) is 10.3. The largest absolute Gasteiger partial charge is 0.490 e. The Bertz CT molecular complexity index is 1070. The predicted molar refractivity (Wildman–Crippen MR) is 115 cm³/mol. The van der Waals surface area contributed by atoms with Crippen LogP contribution < -0.4 is 15.8 Å². The maximum absolute atomic E-state index is 12.1. The molecule has 2 saturated heterocycles. The van der Waals surface area contributed by atoms with Crippen LogP contribution in [0.4, 0.5) is 18.9 Å². The molecule has 1 aromatic carbocycles. The number of aromatic amines is 1. The number of aliphatic carboxylic acids is 1. The lowest BCUT2D eigenvalue weighted by Gasteiger charge is -2.20. The lowest BCUT2D eigenvalue weighted by molar-refractivity contribution is -0.192. The number of halogens is 3. The number of H-pyrrole nitrogens is 1. The average molecular weight is 467 g/mol. The molecule has 0 amide bonds. The highest BCUT2D eigenvalue weighted by Gasteiger charge is 2.38. The van der Waals surface area contributed by atoms with E-state index in [4.69, 9.17) is 15.0 Å². The molecule has 178 valence electrons. The smallest absolute Gasteiger partial charge is 0.477 e. The number of aryl methyl sites for hydroxylation is 1. The van der Waals surface area contributed by atoms with Crippen molar-refractivity contribution in [2.75, 3.05) is 24.5 Å². The standard InChI is InChI=1S/C20H23N3O3.C2HF3O2/c1-2-12-9-16(20(25)26)19(24)22-18(12)13-3-5-15(6-4-13)23-10-14-7-8-21-17(14)11-23;3-2(4,5)1(6)7/h3-6,9,14,17,21H,2,7-8,10-11H2,1H3,(H,22,24)(H,25,26);(H,6,7)/t14-,17+;/m1./s1. The molecule has 33 heavy (non-hydrogen) atoms. The molecular weight excluding hydrogens is 443 g/mol. The van der Waals surface area contributed by atoms with Gasteiger partial charge in [0, 0.05) is 24.8 Å². The molecule has 2 fully saturated rings. The molecule has 1 aromatic heterocycles. The van der Waals surface area contributed by atoms with Crippen LogP contribution in [0.2, 0.25) is 0 Å². The Morgan fingerprint density at radius 2 is 1.79 bits per heavy atom. The second-order valence-electron chi connectivity index (χ2n) is 7.94. The van der Waals surface area contributed by atoms with E-state index in [0.717, 1.165) is 36.7 Å². The van der Waals surface area contributed by atoms with E-state index in [1.165, 1.54) is 18.2 Å². The second-order valence-corrected chi connectivity index (χ2v) is 7.94. The molecule has 0 unspecified atom stereocenters. The molecule has 0 saturated carbocycles. The van der Waals surface area contributed by atoms with Gasteiger partial charge in [-0.05, 0) is 54.6 Å². The Labute approximate surface area is 187 Å². The topological polar surface area (TPSA) is 123 Å². The van der Waals surface area contributed by atoms with E-state index < -0.39 is 23.7 Å². The van der Waals surface area contributed by atoms with Crippen LogP contribution in [0.3, 0.4) is 0 Å². The van der Waals surface area contributed by atoms with E-state index >= 15 is 0 Å². The molecule has 4 N–H and O–H groups in total. The molecule has 8 nitrogen and oxygen atoms in total. The van der Waals surface area contributed by atoms with Crippen LogP contribution in [0.25, 0.3) is 11.3 Å². The monoisotopic (exact) mass is 467 g/mol. The van der Waals surface area contributed by atoms with Crippen molar-refractivity contribution >= 4 is 17.6 Å². The summed E-state index contributed by atoms with van der Waals surface area (Å²) in [5, 5.41) is 19.8. The van der Waals surface area contributed by atoms with Crippen LogP contribution in [-0.2, 0) is 11.2 Å². The van der Waals surface area contributed by atoms with E-state index in [0.29, 0.717) is 18.2 Å². The first-order valence-electron chi connectivity index (χ1n) is 10.4. The number of nitrogens with one attached hydrogen (secondary N) is 2. The zero-order chi connectivity index (χ0) is 24.3. The van der Waals surface area contributed by atoms with Crippen LogP contribution in [-0.4, -0.2) is 59.0 Å². The highest BCUT2D eigenvalue weighted by Crippen LogP contribution is 2.31. The van der Waals surface area contributed by atoms with Crippen LogP contribution in [0.1, 0.15) is 29.3 Å². The number of carboxylic acids is 2. The van der Waals surface area contributed by atoms with E-state index in [-0.39, 0.29) is 5.56 Å². The van der Waals surface area contributed by atoms with E-state index in [1.54, 1.807) is 0 Å². The maximum Gasteiger partial charge on any atom is 0.490 e. The summed E-state index contributed by atoms with van der Waals surface area (Å²) in [6.07, 6.45) is -3.19. The van der Waals surface area contributed by atoms with Crippen molar-refractivity contribution in [2.24, 2.45) is 5.92 Å². The number of pyridine rings is 1. The third kappa shape index (κ3) is 5.54. The van der Waals surface area contributed by atoms with Gasteiger partial charge in [0.15, 0.2) is 0 Å². The molecule has 2 atom stereocenters. The highest BCUT2D eigenvalue weighted by molar-refractivity contribution is 5.88. The van der Waals surface area contributed by atoms with Crippen LogP contribution >= 0.6 is 0 Å². The van der Waals surface area contributed by atoms with Crippen molar-refractivity contribution in [1.82, 2.24) is 10.3 Å². The van der Waals surface area contributed by atoms with Gasteiger partial charge in [-0.3, -0.25) is 4.79 Å². The van der Waals surface area contributed by atoms with E-state index in [1.807, 2.05) is 19.1 Å². The molecule has 0 radical (unpaired) electrons. The molecule has 0 spiro atoms. The number of hydrogen-bond acceptors (Lipinski definition) is 5. The first-order chi connectivity index (χ1) is 15.5. The van der Waals surface area contributed by atoms with Crippen LogP contribution in [0.5, 0.6) is 0 Å². The van der Waals surface area contributed by atoms with Gasteiger partial charge < -0.3 is 25.4 Å². The lowest BCUT2D eigenvalue weighted by atomic mass is 10.0. The van der Waals surface area contributed by atoms with Gasteiger partial charge in [0.05, 0.1) is 5.69 Å². The minimum Gasteiger partial charge on any atom is -0.477 e. The predicted octanol–water partition coefficient (Wildman–Crippen LogP) is 2.73. The fraction of sp³-hybridized carbons (Fsp3) is 0.409. The Morgan fingerprint density at radius 3 is 2.30 bits per heavy atom. The normalized spacial score (nSPS) is 19.6. The molecule has 2 aromatic rings. The summed E-state index contributed by atoms with van der Waals surface area (Å²) >= 11 is 0. The zero-order valence-electron chi connectivity index (χ0n) is 17.8. The number of anilines is 1. The number of alkyl halides is 3. The molecule has 2 aliphatic heterocycles. The van der Waals surface area contributed by atoms with Crippen LogP contribution in [0, 0.1) is 5.92 Å². The van der Waals surface area contributed by atoms with Crippen molar-refractivity contribution in [3.63, 3.8) is 0 Å². The fourth-order valence-corrected chi connectivity index (χ4v) is 4.17. The third-order valence-corrected chi connectivity index (χ3v) is 5.86. The van der Waals surface area contributed by atoms with Gasteiger partial charge >= 0.3 is 18.1 Å². The number of rotatable bonds is 4. The number of carboxylic acid groups (broad SMARTS) is 2. The van der Waals surface area contributed by atoms with Gasteiger partial charge in [-0.1, -0.05) is 19.1 Å². The quantitative estimate of drug-likeness (QED) is 0.545. The van der Waals surface area contributed by atoms with Gasteiger partial charge in [0.1, 0.15) is 5.56 Å². The molecule has 3 heterocycles. The van der Waals surface area contributed by atoms with Gasteiger partial charge in [0.2, 0.25) is 0 Å². The minimum atomic E-state index is -5.08. The molecule has 0 bridgehead atoms. The van der Waals surface area contributed by atoms with E-state index in [2.05, 4.69) is 27.3 Å². The zero-order valence-corrected chi connectivity index (χ0v) is 17.8. The number of benzene rings is 1. The summed E-state index contributed by atoms with van der Waals surface area (Å²) < 4.78 is 31.7. The van der Waals surface area contributed by atoms with Crippen molar-refractivity contribution in [1.29, 1.82) is 0 Å². The molecule has 2 aliphatic rings. The van der Waals surface area contributed by atoms with Gasteiger partial charge in [0.25, 0.3) is 5.56 Å². The Hall–Kier alpha value is -3.34. The van der Waals surface area contributed by atoms with Crippen molar-refractivity contribution in [2.45, 2.75) is 32.0 Å². The Kier molecular flexibility index (Phi) is 7.11. The molecule has 4 rings (SSSR count). The molecule has 11 heteroatoms. The SMILES string of the molecule is CCc1cc(C(=O)O)c(=O)[nH]c1-c1ccc(N2C[C@H]3CCN[C@H]3C2)cc1.O=C(O)C(F)(F)F. The summed E-state index contributed by atoms with van der Waals surface area (Å²) in [5.41, 5.74) is 2.85. The molecule has 0 aliphatic carbocycles. The lowest BCUT2D eigenvalue weighted by Crippen LogP contribution is -2.30. The first-order valence-corrected chi connectivity index (χ1v) is 10.4. The van der Waals surface area contributed by atoms with Crippen molar-refractivity contribution < 1.29 is 33.0 Å². The number of nitrogens with zero attached hydrogens (tertiary/aromatic N) is 1. The second kappa shape index (κ2) is 9.65. The van der Waals surface area contributed by atoms with E-state index in [9.17, 15) is 22.8 Å². The summed E-state index contributed by atoms with van der Waals surface area (Å²) in [7, 11) is 0. The minimum absolute atomic E-state index is 0.210. The summed E-state index contributed by atoms with van der Waals surface area (Å²) in [5.74, 6) is -3.22. The number of carbonyl (C=O) groups is 2. The maximum atomic E-state index is 12.1.